The Bertz CT molecular complexity index is 737. The highest BCUT2D eigenvalue weighted by Crippen LogP contribution is 2.37. The highest BCUT2D eigenvalue weighted by atomic mass is 32.2. The van der Waals surface area contributed by atoms with Crippen molar-refractivity contribution in [3.63, 3.8) is 0 Å². The van der Waals surface area contributed by atoms with Gasteiger partial charge in [-0.1, -0.05) is 18.2 Å². The summed E-state index contributed by atoms with van der Waals surface area (Å²) in [6, 6.07) is 5.94. The second kappa shape index (κ2) is 4.24. The van der Waals surface area contributed by atoms with E-state index in [1.54, 1.807) is 6.07 Å². The van der Waals surface area contributed by atoms with Gasteiger partial charge < -0.3 is 0 Å². The van der Waals surface area contributed by atoms with E-state index in [9.17, 15) is 22.8 Å². The number of hydrogen-bond donors (Lipinski definition) is 1. The van der Waals surface area contributed by atoms with E-state index in [-0.39, 0.29) is 23.3 Å². The molecule has 0 aliphatic carbocycles. The summed E-state index contributed by atoms with van der Waals surface area (Å²) < 4.78 is 24.9. The molecule has 0 spiro atoms. The lowest BCUT2D eigenvalue weighted by atomic mass is 9.90. The van der Waals surface area contributed by atoms with Gasteiger partial charge in [0.25, 0.3) is 0 Å². The number of sulfone groups is 1. The zero-order chi connectivity index (χ0) is 14.5. The molecule has 104 valence electrons. The number of imide groups is 1. The number of piperidine rings is 1. The molecule has 2 amide bonds. The van der Waals surface area contributed by atoms with Crippen molar-refractivity contribution < 1.29 is 22.8 Å². The molecule has 3 rings (SSSR count). The van der Waals surface area contributed by atoms with Gasteiger partial charge in [-0.3, -0.25) is 19.7 Å². The minimum absolute atomic E-state index is 0.0281. The zero-order valence-electron chi connectivity index (χ0n) is 10.3. The Kier molecular flexibility index (Phi) is 2.75. The van der Waals surface area contributed by atoms with Crippen LogP contribution in [0.2, 0.25) is 0 Å². The van der Waals surface area contributed by atoms with E-state index in [4.69, 9.17) is 0 Å². The van der Waals surface area contributed by atoms with Gasteiger partial charge in [0.2, 0.25) is 11.8 Å². The van der Waals surface area contributed by atoms with E-state index in [2.05, 4.69) is 5.32 Å². The molecule has 2 aliphatic heterocycles. The molecular weight excluding hydrogens is 282 g/mol. The molecule has 0 saturated carbocycles. The van der Waals surface area contributed by atoms with Gasteiger partial charge in [-0.05, 0) is 12.5 Å². The Morgan fingerprint density at radius 2 is 1.80 bits per heavy atom. The van der Waals surface area contributed by atoms with Gasteiger partial charge in [0.15, 0.2) is 15.6 Å². The number of nitrogens with one attached hydrogen (secondary N) is 1. The number of benzene rings is 1. The van der Waals surface area contributed by atoms with Crippen molar-refractivity contribution in [2.24, 2.45) is 5.92 Å². The van der Waals surface area contributed by atoms with Crippen LogP contribution in [-0.2, 0) is 19.4 Å². The van der Waals surface area contributed by atoms with E-state index in [0.29, 0.717) is 0 Å². The van der Waals surface area contributed by atoms with Crippen LogP contribution in [-0.4, -0.2) is 31.3 Å². The van der Waals surface area contributed by atoms with E-state index in [1.165, 1.54) is 18.2 Å². The summed E-state index contributed by atoms with van der Waals surface area (Å²) in [4.78, 5) is 35.2. The summed E-state index contributed by atoms with van der Waals surface area (Å²) in [5, 5.41) is 0.688. The molecule has 1 N–H and O–H groups in total. The van der Waals surface area contributed by atoms with Crippen molar-refractivity contribution in [1.29, 1.82) is 0 Å². The second-order valence-corrected chi connectivity index (χ2v) is 6.92. The molecule has 20 heavy (non-hydrogen) atoms. The lowest BCUT2D eigenvalue weighted by molar-refractivity contribution is -0.136. The third-order valence-corrected chi connectivity index (χ3v) is 5.88. The quantitative estimate of drug-likeness (QED) is 0.739. The van der Waals surface area contributed by atoms with Crippen molar-refractivity contribution in [2.45, 2.75) is 23.0 Å². The van der Waals surface area contributed by atoms with Gasteiger partial charge in [-0.2, -0.15) is 0 Å². The van der Waals surface area contributed by atoms with Gasteiger partial charge >= 0.3 is 0 Å². The summed E-state index contributed by atoms with van der Waals surface area (Å²) in [5.74, 6) is -2.68. The summed E-state index contributed by atoms with van der Waals surface area (Å²) in [5.41, 5.74) is 0.127. The zero-order valence-corrected chi connectivity index (χ0v) is 11.1. The van der Waals surface area contributed by atoms with E-state index in [0.717, 1.165) is 0 Å². The van der Waals surface area contributed by atoms with Crippen LogP contribution in [0.25, 0.3) is 0 Å². The molecule has 2 heterocycles. The third kappa shape index (κ3) is 1.70. The van der Waals surface area contributed by atoms with Gasteiger partial charge in [-0.25, -0.2) is 8.42 Å². The van der Waals surface area contributed by atoms with Crippen LogP contribution in [0.4, 0.5) is 0 Å². The largest absolute Gasteiger partial charge is 0.296 e. The molecule has 1 saturated heterocycles. The molecule has 0 radical (unpaired) electrons. The first kappa shape index (κ1) is 13.0. The highest BCUT2D eigenvalue weighted by Gasteiger charge is 2.51. The van der Waals surface area contributed by atoms with E-state index in [1.807, 2.05) is 0 Å². The molecule has 2 atom stereocenters. The minimum Gasteiger partial charge on any atom is -0.296 e. The maximum absolute atomic E-state index is 12.4. The Labute approximate surface area is 115 Å². The Morgan fingerprint density at radius 3 is 2.45 bits per heavy atom. The minimum atomic E-state index is -3.87. The molecule has 0 aromatic heterocycles. The van der Waals surface area contributed by atoms with E-state index >= 15 is 0 Å². The molecule has 0 bridgehead atoms. The first-order chi connectivity index (χ1) is 9.43. The number of rotatable bonds is 1. The predicted molar refractivity (Wildman–Crippen MR) is 67.6 cm³/mol. The number of ketones is 1. The van der Waals surface area contributed by atoms with Crippen molar-refractivity contribution in [2.75, 3.05) is 0 Å². The number of fused-ring (bicyclic) bond motifs is 1. The molecule has 1 fully saturated rings. The van der Waals surface area contributed by atoms with Crippen LogP contribution < -0.4 is 5.32 Å². The van der Waals surface area contributed by atoms with Crippen LogP contribution >= 0.6 is 0 Å². The molecule has 1 aromatic carbocycles. The summed E-state index contributed by atoms with van der Waals surface area (Å²) in [7, 11) is -3.87. The molecule has 2 aliphatic rings. The fourth-order valence-electron chi connectivity index (χ4n) is 2.75. The van der Waals surface area contributed by atoms with E-state index < -0.39 is 38.6 Å². The van der Waals surface area contributed by atoms with Crippen LogP contribution in [0, 0.1) is 5.92 Å². The standard InChI is InChI=1S/C13H11NO5S/c15-10-6-5-8(13(17)14-10)12-11(16)7-3-1-2-4-9(7)20(12,18)19/h1-4,8,12H,5-6H2,(H,14,15,17). The highest BCUT2D eigenvalue weighted by molar-refractivity contribution is 7.93. The summed E-state index contributed by atoms with van der Waals surface area (Å²) in [6.07, 6.45) is 0.125. The topological polar surface area (TPSA) is 97.4 Å². The first-order valence-corrected chi connectivity index (χ1v) is 7.68. The normalized spacial score (nSPS) is 28.1. The smallest absolute Gasteiger partial charge is 0.231 e. The monoisotopic (exact) mass is 293 g/mol. The number of carbonyl (C=O) groups excluding carboxylic acids is 3. The lowest BCUT2D eigenvalue weighted by Gasteiger charge is -2.24. The molecule has 2 unspecified atom stereocenters. The lowest BCUT2D eigenvalue weighted by Crippen LogP contribution is -2.48. The average Bonchev–Trinajstić information content (AvgIpc) is 2.60. The fourth-order valence-corrected chi connectivity index (χ4v) is 4.87. The number of Topliss-reactive ketones (excluding diaryl/α,β-unsaturated/α-hetero) is 1. The fraction of sp³-hybridized carbons (Fsp3) is 0.308. The Morgan fingerprint density at radius 1 is 1.10 bits per heavy atom. The SMILES string of the molecule is O=C1CCC(C2C(=O)c3ccccc3S2(=O)=O)C(=O)N1. The van der Waals surface area contributed by atoms with Crippen molar-refractivity contribution in [3.05, 3.63) is 29.8 Å². The summed E-state index contributed by atoms with van der Waals surface area (Å²) >= 11 is 0. The first-order valence-electron chi connectivity index (χ1n) is 6.14. The number of amides is 2. The van der Waals surface area contributed by atoms with Crippen molar-refractivity contribution in [1.82, 2.24) is 5.32 Å². The number of hydrogen-bond acceptors (Lipinski definition) is 5. The maximum Gasteiger partial charge on any atom is 0.231 e. The maximum atomic E-state index is 12.4. The second-order valence-electron chi connectivity index (χ2n) is 4.88. The predicted octanol–water partition coefficient (Wildman–Crippen LogP) is 0.0780. The average molecular weight is 293 g/mol. The third-order valence-electron chi connectivity index (χ3n) is 3.70. The molecule has 7 heteroatoms. The van der Waals surface area contributed by atoms with Gasteiger partial charge in [-0.15, -0.1) is 0 Å². The van der Waals surface area contributed by atoms with Gasteiger partial charge in [0, 0.05) is 12.0 Å². The molecular formula is C13H11NO5S. The number of carbonyl (C=O) groups is 3. The molecule has 6 nitrogen and oxygen atoms in total. The van der Waals surface area contributed by atoms with Gasteiger partial charge in [0.05, 0.1) is 10.8 Å². The Hall–Kier alpha value is -2.02. The van der Waals surface area contributed by atoms with Crippen LogP contribution in [0.5, 0.6) is 0 Å². The van der Waals surface area contributed by atoms with Crippen molar-refractivity contribution >= 4 is 27.4 Å². The van der Waals surface area contributed by atoms with Crippen LogP contribution in [0.3, 0.4) is 0 Å². The van der Waals surface area contributed by atoms with Crippen LogP contribution in [0.1, 0.15) is 23.2 Å². The van der Waals surface area contributed by atoms with Crippen LogP contribution in [0.15, 0.2) is 29.2 Å². The van der Waals surface area contributed by atoms with Gasteiger partial charge in [0.1, 0.15) is 5.25 Å². The summed E-state index contributed by atoms with van der Waals surface area (Å²) in [6.45, 7) is 0. The Balaban J connectivity index is 2.07. The molecule has 1 aromatic rings. The van der Waals surface area contributed by atoms with Crippen molar-refractivity contribution in [3.8, 4) is 0 Å².